The lowest BCUT2D eigenvalue weighted by Crippen LogP contribution is -2.33. The highest BCUT2D eigenvalue weighted by molar-refractivity contribution is 6.14. The van der Waals surface area contributed by atoms with Crippen molar-refractivity contribution in [1.29, 1.82) is 0 Å². The van der Waals surface area contributed by atoms with Crippen molar-refractivity contribution in [1.82, 2.24) is 4.57 Å². The number of furan rings is 1. The van der Waals surface area contributed by atoms with Crippen LogP contribution in [0.5, 0.6) is 0 Å². The van der Waals surface area contributed by atoms with Crippen LogP contribution >= 0.6 is 0 Å². The van der Waals surface area contributed by atoms with Gasteiger partial charge in [-0.1, -0.05) is 218 Å². The van der Waals surface area contributed by atoms with Gasteiger partial charge in [-0.2, -0.15) is 0 Å². The molecule has 2 spiro atoms. The largest absolute Gasteiger partial charge is 0.456 e. The van der Waals surface area contributed by atoms with E-state index in [9.17, 15) is 0 Å². The Morgan fingerprint density at radius 3 is 1.58 bits per heavy atom. The second-order valence-corrected chi connectivity index (χ2v) is 22.5. The molecule has 374 valence electrons. The Morgan fingerprint density at radius 1 is 0.309 bits per heavy atom. The minimum atomic E-state index is -0.617. The molecule has 0 saturated carbocycles. The summed E-state index contributed by atoms with van der Waals surface area (Å²) < 4.78 is 8.96. The molecule has 3 heteroatoms. The molecule has 1 aliphatic heterocycles. The standard InChI is InChI=1S/C78H46N2O/c1-2-18-52-47(17-1)37-44-66-74(52)60-22-5-10-28-64(60)77(66)62-26-8-3-19-54(62)56-42-40-50(45-68(56)77)79(49-38-35-48(36-39-49)53-24-16-34-73-75(53)61-23-7-14-33-72(61)81-73)51-41-43-57-55-20-4-9-27-63(55)78(69(57)46-51)65-29-11-13-32-71(65)80-70-31-12-6-21-58(70)59-25-15-30-67(78)76(59)80/h1-46H. The Kier molecular flexibility index (Phi) is 8.39. The minimum absolute atomic E-state index is 0.550. The van der Waals surface area contributed by atoms with Crippen LogP contribution in [0.4, 0.5) is 17.1 Å². The maximum absolute atomic E-state index is 6.43. The number of benzene rings is 13. The van der Waals surface area contributed by atoms with E-state index >= 15 is 0 Å². The zero-order chi connectivity index (χ0) is 52.7. The first kappa shape index (κ1) is 43.5. The number of rotatable bonds is 4. The Hall–Kier alpha value is -10.5. The van der Waals surface area contributed by atoms with Crippen molar-refractivity contribution < 1.29 is 4.42 Å². The van der Waals surface area contributed by atoms with Crippen LogP contribution in [0.2, 0.25) is 0 Å². The molecule has 3 aliphatic carbocycles. The van der Waals surface area contributed by atoms with Gasteiger partial charge >= 0.3 is 0 Å². The summed E-state index contributed by atoms with van der Waals surface area (Å²) in [7, 11) is 0. The van der Waals surface area contributed by atoms with Gasteiger partial charge in [0, 0.05) is 38.6 Å². The van der Waals surface area contributed by atoms with Crippen molar-refractivity contribution in [3.8, 4) is 50.2 Å². The van der Waals surface area contributed by atoms with Crippen molar-refractivity contribution in [3.63, 3.8) is 0 Å². The van der Waals surface area contributed by atoms with Crippen LogP contribution in [0.3, 0.4) is 0 Å². The molecule has 19 rings (SSSR count). The predicted octanol–water partition coefficient (Wildman–Crippen LogP) is 20.0. The van der Waals surface area contributed by atoms with Crippen molar-refractivity contribution in [2.24, 2.45) is 0 Å². The lowest BCUT2D eigenvalue weighted by atomic mass is 9.65. The van der Waals surface area contributed by atoms with Gasteiger partial charge in [0.05, 0.1) is 27.6 Å². The number of fused-ring (bicyclic) bond motifs is 27. The number of aromatic nitrogens is 1. The van der Waals surface area contributed by atoms with Crippen LogP contribution in [0.1, 0.15) is 44.5 Å². The smallest absolute Gasteiger partial charge is 0.136 e. The Labute approximate surface area is 467 Å². The molecule has 4 aliphatic rings. The van der Waals surface area contributed by atoms with Gasteiger partial charge in [-0.15, -0.1) is 0 Å². The number of para-hydroxylation sites is 4. The van der Waals surface area contributed by atoms with E-state index in [1.165, 1.54) is 116 Å². The number of hydrogen-bond acceptors (Lipinski definition) is 2. The quantitative estimate of drug-likeness (QED) is 0.175. The second-order valence-electron chi connectivity index (χ2n) is 22.5. The fourth-order valence-corrected chi connectivity index (χ4v) is 16.0. The fraction of sp³-hybridized carbons (Fsp3) is 0.0256. The van der Waals surface area contributed by atoms with Gasteiger partial charge < -0.3 is 13.9 Å². The maximum Gasteiger partial charge on any atom is 0.136 e. The van der Waals surface area contributed by atoms with Gasteiger partial charge in [-0.05, 0) is 160 Å². The number of hydrogen-bond donors (Lipinski definition) is 0. The summed E-state index contributed by atoms with van der Waals surface area (Å²) in [5.41, 5.74) is 28.1. The monoisotopic (exact) mass is 1030 g/mol. The van der Waals surface area contributed by atoms with Gasteiger partial charge in [0.2, 0.25) is 0 Å². The molecule has 2 aromatic heterocycles. The third-order valence-electron chi connectivity index (χ3n) is 19.0. The Morgan fingerprint density at radius 2 is 0.827 bits per heavy atom. The third-order valence-corrected chi connectivity index (χ3v) is 19.0. The van der Waals surface area contributed by atoms with Crippen LogP contribution in [0.25, 0.3) is 105 Å². The predicted molar refractivity (Wildman–Crippen MR) is 333 cm³/mol. The second kappa shape index (κ2) is 15.6. The molecule has 13 aromatic carbocycles. The summed E-state index contributed by atoms with van der Waals surface area (Å²) in [4.78, 5) is 2.53. The molecule has 0 fully saturated rings. The fourth-order valence-electron chi connectivity index (χ4n) is 16.0. The Bertz CT molecular complexity index is 5270. The van der Waals surface area contributed by atoms with E-state index < -0.39 is 10.8 Å². The van der Waals surface area contributed by atoms with E-state index in [4.69, 9.17) is 4.42 Å². The van der Waals surface area contributed by atoms with E-state index in [0.717, 1.165) is 50.1 Å². The van der Waals surface area contributed by atoms with Gasteiger partial charge in [0.25, 0.3) is 0 Å². The highest BCUT2D eigenvalue weighted by Crippen LogP contribution is 2.66. The first-order chi connectivity index (χ1) is 40.2. The molecular weight excluding hydrogens is 981 g/mol. The van der Waals surface area contributed by atoms with Crippen molar-refractivity contribution >= 4 is 71.6 Å². The lowest BCUT2D eigenvalue weighted by Gasteiger charge is -2.40. The summed E-state index contributed by atoms with van der Waals surface area (Å²) in [6, 6.07) is 105. The molecule has 15 aromatic rings. The first-order valence-electron chi connectivity index (χ1n) is 28.2. The van der Waals surface area contributed by atoms with Crippen molar-refractivity contribution in [3.05, 3.63) is 324 Å². The highest BCUT2D eigenvalue weighted by atomic mass is 16.3. The zero-order valence-electron chi connectivity index (χ0n) is 43.9. The molecule has 3 nitrogen and oxygen atoms in total. The highest BCUT2D eigenvalue weighted by Gasteiger charge is 2.53. The summed E-state index contributed by atoms with van der Waals surface area (Å²) in [5, 5.41) is 7.34. The van der Waals surface area contributed by atoms with E-state index in [1.807, 2.05) is 6.07 Å². The van der Waals surface area contributed by atoms with Crippen LogP contribution in [0, 0.1) is 0 Å². The van der Waals surface area contributed by atoms with Crippen molar-refractivity contribution in [2.45, 2.75) is 10.8 Å². The molecule has 0 bridgehead atoms. The van der Waals surface area contributed by atoms with E-state index in [2.05, 4.69) is 282 Å². The summed E-state index contributed by atoms with van der Waals surface area (Å²) in [6.45, 7) is 0. The van der Waals surface area contributed by atoms with Gasteiger partial charge in [0.15, 0.2) is 0 Å². The summed E-state index contributed by atoms with van der Waals surface area (Å²) in [5.74, 6) is 0. The van der Waals surface area contributed by atoms with Crippen molar-refractivity contribution in [2.75, 3.05) is 4.90 Å². The van der Waals surface area contributed by atoms with Gasteiger partial charge in [-0.25, -0.2) is 0 Å². The SMILES string of the molecule is c1ccc2c(c1)-c1ccc(N(c3ccc(-c4cccc5oc6ccccc6c45)cc3)c3ccc4c(c3)C3(c5ccccc5-4)c4ccccc4-n4c5ccccc5c5cccc3c54)cc1C21c2ccccc2-c2c1ccc1ccccc21. The molecule has 0 N–H and O–H groups in total. The normalized spacial score (nSPS) is 16.5. The average Bonchev–Trinajstić information content (AvgIpc) is 3.92. The molecule has 0 amide bonds. The third kappa shape index (κ3) is 5.34. The van der Waals surface area contributed by atoms with Crippen LogP contribution in [0.15, 0.2) is 283 Å². The number of nitrogens with zero attached hydrogens (tertiary/aromatic N) is 2. The molecule has 2 unspecified atom stereocenters. The summed E-state index contributed by atoms with van der Waals surface area (Å²) in [6.07, 6.45) is 0. The van der Waals surface area contributed by atoms with E-state index in [1.54, 1.807) is 0 Å². The molecule has 3 heterocycles. The van der Waals surface area contributed by atoms with Crippen LogP contribution < -0.4 is 4.90 Å². The molecule has 2 atom stereocenters. The topological polar surface area (TPSA) is 21.3 Å². The number of anilines is 3. The molecule has 0 radical (unpaired) electrons. The van der Waals surface area contributed by atoms with E-state index in [0.29, 0.717) is 0 Å². The van der Waals surface area contributed by atoms with E-state index in [-0.39, 0.29) is 0 Å². The van der Waals surface area contributed by atoms with Gasteiger partial charge in [0.1, 0.15) is 11.2 Å². The summed E-state index contributed by atoms with van der Waals surface area (Å²) >= 11 is 0. The minimum Gasteiger partial charge on any atom is -0.456 e. The lowest BCUT2D eigenvalue weighted by molar-refractivity contribution is 0.669. The molecule has 0 saturated heterocycles. The van der Waals surface area contributed by atoms with Crippen LogP contribution in [-0.2, 0) is 10.8 Å². The Balaban J connectivity index is 0.883. The first-order valence-corrected chi connectivity index (χ1v) is 28.2. The van der Waals surface area contributed by atoms with Gasteiger partial charge in [-0.3, -0.25) is 0 Å². The van der Waals surface area contributed by atoms with Crippen LogP contribution in [-0.4, -0.2) is 4.57 Å². The average molecular weight is 1030 g/mol. The molecular formula is C78H46N2O. The molecule has 81 heavy (non-hydrogen) atoms. The zero-order valence-corrected chi connectivity index (χ0v) is 43.9. The maximum atomic E-state index is 6.43.